The van der Waals surface area contributed by atoms with E-state index in [-0.39, 0.29) is 23.9 Å². The van der Waals surface area contributed by atoms with E-state index in [0.717, 1.165) is 29.5 Å². The molecule has 3 nitrogen and oxygen atoms in total. The van der Waals surface area contributed by atoms with Gasteiger partial charge in [-0.3, -0.25) is 0 Å². The van der Waals surface area contributed by atoms with Gasteiger partial charge in [0.2, 0.25) is 0 Å². The number of fused-ring (bicyclic) bond motifs is 2. The molecule has 0 amide bonds. The highest BCUT2D eigenvalue weighted by Gasteiger charge is 2.37. The van der Waals surface area contributed by atoms with E-state index in [2.05, 4.69) is 25.1 Å². The van der Waals surface area contributed by atoms with E-state index >= 15 is 0 Å². The predicted octanol–water partition coefficient (Wildman–Crippen LogP) is -0.783. The van der Waals surface area contributed by atoms with Gasteiger partial charge < -0.3 is 27.5 Å². The van der Waals surface area contributed by atoms with Gasteiger partial charge in [-0.25, -0.2) is 0 Å². The standard InChI is InChI=1S/C19H21NO2.ClH/c1-2-9-20-10-8-12-4-3-5-14-17(12)15(20)11-13-6-7-16(21)19(22)18(13)14;/h3-7,15,21-22H,2,8-11H2,1H3;1H/t15-;/m1./s1. The van der Waals surface area contributed by atoms with Crippen LogP contribution in [-0.2, 0) is 12.8 Å². The minimum atomic E-state index is -0.0247. The van der Waals surface area contributed by atoms with Crippen LogP contribution in [0.3, 0.4) is 0 Å². The zero-order chi connectivity index (χ0) is 15.3. The molecule has 1 unspecified atom stereocenters. The number of hydrogen-bond donors (Lipinski definition) is 3. The van der Waals surface area contributed by atoms with Crippen molar-refractivity contribution in [3.05, 3.63) is 47.0 Å². The summed E-state index contributed by atoms with van der Waals surface area (Å²) in [5.74, 6) is 0.00957. The van der Waals surface area contributed by atoms with Gasteiger partial charge >= 0.3 is 0 Å². The maximum atomic E-state index is 10.4. The zero-order valence-corrected chi connectivity index (χ0v) is 14.0. The first-order valence-electron chi connectivity index (χ1n) is 8.21. The van der Waals surface area contributed by atoms with Crippen molar-refractivity contribution in [3.63, 3.8) is 0 Å². The maximum Gasteiger partial charge on any atom is 0.165 e. The van der Waals surface area contributed by atoms with Crippen LogP contribution in [0.5, 0.6) is 11.5 Å². The lowest BCUT2D eigenvalue weighted by atomic mass is 9.76. The van der Waals surface area contributed by atoms with Gasteiger partial charge in [0.1, 0.15) is 6.04 Å². The highest BCUT2D eigenvalue weighted by atomic mass is 35.5. The molecule has 4 heteroatoms. The topological polar surface area (TPSA) is 44.9 Å². The maximum absolute atomic E-state index is 10.4. The van der Waals surface area contributed by atoms with Gasteiger partial charge in [-0.2, -0.15) is 0 Å². The van der Waals surface area contributed by atoms with Gasteiger partial charge in [-0.1, -0.05) is 31.2 Å². The van der Waals surface area contributed by atoms with Crippen LogP contribution in [0, 0.1) is 0 Å². The predicted molar refractivity (Wildman–Crippen MR) is 86.3 cm³/mol. The summed E-state index contributed by atoms with van der Waals surface area (Å²) in [6.07, 6.45) is 3.24. The molecule has 0 aromatic heterocycles. The number of aromatic hydroxyl groups is 2. The molecule has 1 aliphatic heterocycles. The van der Waals surface area contributed by atoms with Gasteiger partial charge in [0.15, 0.2) is 11.5 Å². The van der Waals surface area contributed by atoms with Crippen molar-refractivity contribution in [2.24, 2.45) is 0 Å². The van der Waals surface area contributed by atoms with Crippen LogP contribution < -0.4 is 17.3 Å². The molecular formula is C19H22ClNO2. The fourth-order valence-electron chi connectivity index (χ4n) is 4.31. The van der Waals surface area contributed by atoms with E-state index in [1.165, 1.54) is 30.6 Å². The Balaban J connectivity index is 0.00000156. The van der Waals surface area contributed by atoms with Crippen molar-refractivity contribution in [2.75, 3.05) is 13.1 Å². The van der Waals surface area contributed by atoms with Crippen LogP contribution in [0.25, 0.3) is 11.1 Å². The lowest BCUT2D eigenvalue weighted by Crippen LogP contribution is -3.13. The van der Waals surface area contributed by atoms with E-state index in [0.29, 0.717) is 6.04 Å². The first-order chi connectivity index (χ1) is 10.7. The normalized spacial score (nSPS) is 21.1. The van der Waals surface area contributed by atoms with Gasteiger partial charge in [-0.15, -0.1) is 0 Å². The molecule has 2 aromatic carbocycles. The van der Waals surface area contributed by atoms with E-state index in [9.17, 15) is 10.2 Å². The third kappa shape index (κ3) is 2.39. The van der Waals surface area contributed by atoms with E-state index in [1.807, 2.05) is 6.07 Å². The summed E-state index contributed by atoms with van der Waals surface area (Å²) in [4.78, 5) is 1.65. The monoisotopic (exact) mass is 331 g/mol. The minimum Gasteiger partial charge on any atom is -1.00 e. The van der Waals surface area contributed by atoms with E-state index in [1.54, 1.807) is 11.0 Å². The number of nitrogens with one attached hydrogen (secondary N) is 1. The highest BCUT2D eigenvalue weighted by molar-refractivity contribution is 5.81. The number of hydrogen-bond acceptors (Lipinski definition) is 2. The molecule has 0 saturated heterocycles. The first-order valence-corrected chi connectivity index (χ1v) is 8.21. The van der Waals surface area contributed by atoms with E-state index < -0.39 is 0 Å². The first kappa shape index (κ1) is 16.2. The van der Waals surface area contributed by atoms with Crippen LogP contribution in [0.4, 0.5) is 0 Å². The molecular weight excluding hydrogens is 310 g/mol. The molecule has 2 aromatic rings. The highest BCUT2D eigenvalue weighted by Crippen LogP contribution is 2.47. The molecule has 122 valence electrons. The Kier molecular flexibility index (Phi) is 4.26. The molecule has 2 atom stereocenters. The summed E-state index contributed by atoms with van der Waals surface area (Å²) < 4.78 is 0. The van der Waals surface area contributed by atoms with Crippen molar-refractivity contribution in [3.8, 4) is 22.6 Å². The zero-order valence-electron chi connectivity index (χ0n) is 13.3. The second-order valence-corrected chi connectivity index (χ2v) is 6.51. The van der Waals surface area contributed by atoms with Crippen molar-refractivity contribution in [2.45, 2.75) is 32.2 Å². The molecule has 0 fully saturated rings. The average molecular weight is 332 g/mol. The Labute approximate surface area is 143 Å². The lowest BCUT2D eigenvalue weighted by molar-refractivity contribution is -0.934. The van der Waals surface area contributed by atoms with Crippen LogP contribution in [0.2, 0.25) is 0 Å². The third-order valence-corrected chi connectivity index (χ3v) is 5.26. The van der Waals surface area contributed by atoms with Crippen molar-refractivity contribution < 1.29 is 27.5 Å². The second-order valence-electron chi connectivity index (χ2n) is 6.51. The second kappa shape index (κ2) is 6.06. The summed E-state index contributed by atoms with van der Waals surface area (Å²) >= 11 is 0. The number of phenols is 2. The molecule has 0 spiro atoms. The Morgan fingerprint density at radius 2 is 1.96 bits per heavy atom. The summed E-state index contributed by atoms with van der Waals surface area (Å²) in [5, 5.41) is 20.3. The molecule has 0 saturated carbocycles. The van der Waals surface area contributed by atoms with Gasteiger partial charge in [-0.05, 0) is 29.2 Å². The summed E-state index contributed by atoms with van der Waals surface area (Å²) in [6.45, 7) is 4.63. The van der Waals surface area contributed by atoms with E-state index in [4.69, 9.17) is 0 Å². The van der Waals surface area contributed by atoms with Crippen LogP contribution in [-0.4, -0.2) is 23.3 Å². The summed E-state index contributed by atoms with van der Waals surface area (Å²) in [5.41, 5.74) is 5.91. The Morgan fingerprint density at radius 1 is 1.13 bits per heavy atom. The number of halogens is 1. The number of quaternary nitrogens is 1. The average Bonchev–Trinajstić information content (AvgIpc) is 2.53. The molecule has 0 radical (unpaired) electrons. The van der Waals surface area contributed by atoms with Crippen LogP contribution >= 0.6 is 0 Å². The number of rotatable bonds is 2. The smallest absolute Gasteiger partial charge is 0.165 e. The minimum absolute atomic E-state index is 0. The quantitative estimate of drug-likeness (QED) is 0.632. The molecule has 0 bridgehead atoms. The summed E-state index contributed by atoms with van der Waals surface area (Å²) in [6, 6.07) is 10.5. The Bertz CT molecular complexity index is 744. The van der Waals surface area contributed by atoms with Gasteiger partial charge in [0, 0.05) is 24.0 Å². The molecule has 23 heavy (non-hydrogen) atoms. The largest absolute Gasteiger partial charge is 1.00 e. The van der Waals surface area contributed by atoms with Crippen LogP contribution in [0.1, 0.15) is 36.1 Å². The van der Waals surface area contributed by atoms with Gasteiger partial charge in [0.05, 0.1) is 13.1 Å². The fraction of sp³-hybridized carbons (Fsp3) is 0.368. The fourth-order valence-corrected chi connectivity index (χ4v) is 4.31. The van der Waals surface area contributed by atoms with Crippen LogP contribution in [0.15, 0.2) is 30.3 Å². The summed E-state index contributed by atoms with van der Waals surface area (Å²) in [7, 11) is 0. The van der Waals surface area contributed by atoms with Crippen molar-refractivity contribution >= 4 is 0 Å². The molecule has 2 aliphatic rings. The van der Waals surface area contributed by atoms with Gasteiger partial charge in [0.25, 0.3) is 0 Å². The molecule has 1 heterocycles. The molecule has 3 N–H and O–H groups in total. The molecule has 1 aliphatic carbocycles. The third-order valence-electron chi connectivity index (χ3n) is 5.26. The Morgan fingerprint density at radius 3 is 2.74 bits per heavy atom. The van der Waals surface area contributed by atoms with Crippen molar-refractivity contribution in [1.82, 2.24) is 0 Å². The molecule has 4 rings (SSSR count). The number of phenolic OH excluding ortho intramolecular Hbond substituents is 2. The SMILES string of the molecule is CCC[NH+]1CCc2cccc3c2[C@H]1Cc1ccc(O)c(O)c1-3.[Cl-]. The van der Waals surface area contributed by atoms with Crippen molar-refractivity contribution in [1.29, 1.82) is 0 Å². The number of benzene rings is 2. The Hall–Kier alpha value is -1.71. The lowest BCUT2D eigenvalue weighted by Gasteiger charge is -2.39.